The summed E-state index contributed by atoms with van der Waals surface area (Å²) < 4.78 is 5.19. The molecule has 1 amide bonds. The number of hydrogen-bond acceptors (Lipinski definition) is 4. The van der Waals surface area contributed by atoms with Gasteiger partial charge in [-0.1, -0.05) is 33.8 Å². The smallest absolute Gasteiger partial charge is 0.338 e. The van der Waals surface area contributed by atoms with Crippen molar-refractivity contribution in [3.8, 4) is 0 Å². The third-order valence-corrected chi connectivity index (χ3v) is 3.19. The van der Waals surface area contributed by atoms with Crippen molar-refractivity contribution >= 4 is 30.0 Å². The van der Waals surface area contributed by atoms with Gasteiger partial charge < -0.3 is 10.1 Å². The summed E-state index contributed by atoms with van der Waals surface area (Å²) in [6.07, 6.45) is 0. The molecule has 0 aliphatic carbocycles. The minimum absolute atomic E-state index is 0. The Morgan fingerprint density at radius 1 is 1.22 bits per heavy atom. The van der Waals surface area contributed by atoms with Gasteiger partial charge in [0.25, 0.3) is 0 Å². The SMILES string of the molecule is CCN(CC)CC(=O)Nc1cccc(C(=O)OCC(C)C)c1.Cl. The van der Waals surface area contributed by atoms with Crippen LogP contribution in [0.1, 0.15) is 38.1 Å². The fourth-order valence-electron chi connectivity index (χ4n) is 1.90. The van der Waals surface area contributed by atoms with Crippen LogP contribution in [0.15, 0.2) is 24.3 Å². The van der Waals surface area contributed by atoms with Crippen LogP contribution in [0.5, 0.6) is 0 Å². The molecule has 1 rings (SSSR count). The molecule has 6 heteroatoms. The van der Waals surface area contributed by atoms with Crippen molar-refractivity contribution in [2.45, 2.75) is 27.7 Å². The maximum atomic E-state index is 12.0. The molecule has 130 valence electrons. The Kier molecular flexibility index (Phi) is 10.3. The molecule has 0 spiro atoms. The number of nitrogens with one attached hydrogen (secondary N) is 1. The van der Waals surface area contributed by atoms with Crippen LogP contribution >= 0.6 is 12.4 Å². The molecule has 0 bridgehead atoms. The molecule has 0 aromatic heterocycles. The summed E-state index contributed by atoms with van der Waals surface area (Å²) in [5, 5.41) is 2.81. The summed E-state index contributed by atoms with van der Waals surface area (Å²) in [7, 11) is 0. The molecule has 5 nitrogen and oxygen atoms in total. The summed E-state index contributed by atoms with van der Waals surface area (Å²) in [5.41, 5.74) is 1.05. The van der Waals surface area contributed by atoms with Crippen LogP contribution in [0, 0.1) is 5.92 Å². The highest BCUT2D eigenvalue weighted by atomic mass is 35.5. The molecule has 23 heavy (non-hydrogen) atoms. The van der Waals surface area contributed by atoms with Crippen LogP contribution in [-0.4, -0.2) is 43.0 Å². The molecule has 1 aromatic rings. The monoisotopic (exact) mass is 342 g/mol. The lowest BCUT2D eigenvalue weighted by Crippen LogP contribution is -2.32. The first kappa shape index (κ1) is 21.4. The highest BCUT2D eigenvalue weighted by Crippen LogP contribution is 2.12. The summed E-state index contributed by atoms with van der Waals surface area (Å²) in [4.78, 5) is 25.9. The third-order valence-electron chi connectivity index (χ3n) is 3.19. The number of rotatable bonds is 8. The van der Waals surface area contributed by atoms with Gasteiger partial charge in [0, 0.05) is 5.69 Å². The first-order valence-corrected chi connectivity index (χ1v) is 7.75. The van der Waals surface area contributed by atoms with E-state index in [-0.39, 0.29) is 24.3 Å². The Bertz CT molecular complexity index is 502. The van der Waals surface area contributed by atoms with Crippen molar-refractivity contribution in [1.82, 2.24) is 4.90 Å². The van der Waals surface area contributed by atoms with Gasteiger partial charge in [-0.3, -0.25) is 9.69 Å². The summed E-state index contributed by atoms with van der Waals surface area (Å²) in [6, 6.07) is 6.82. The Morgan fingerprint density at radius 3 is 2.43 bits per heavy atom. The van der Waals surface area contributed by atoms with Crippen LogP contribution in [0.2, 0.25) is 0 Å². The van der Waals surface area contributed by atoms with Gasteiger partial charge in [0.15, 0.2) is 0 Å². The van der Waals surface area contributed by atoms with Crippen molar-refractivity contribution in [2.24, 2.45) is 5.92 Å². The normalized spacial score (nSPS) is 10.3. The molecule has 0 aliphatic rings. The standard InChI is InChI=1S/C17H26N2O3.ClH/c1-5-19(6-2)11-16(20)18-15-9-7-8-14(10-15)17(21)22-12-13(3)4;/h7-10,13H,5-6,11-12H2,1-4H3,(H,18,20);1H. The number of ether oxygens (including phenoxy) is 1. The number of amides is 1. The fraction of sp³-hybridized carbons (Fsp3) is 0.529. The van der Waals surface area contributed by atoms with E-state index >= 15 is 0 Å². The number of likely N-dealkylation sites (N-methyl/N-ethyl adjacent to an activating group) is 1. The first-order chi connectivity index (χ1) is 10.5. The van der Waals surface area contributed by atoms with Gasteiger partial charge >= 0.3 is 5.97 Å². The second kappa shape index (κ2) is 11.0. The Morgan fingerprint density at radius 2 is 1.87 bits per heavy atom. The highest BCUT2D eigenvalue weighted by molar-refractivity contribution is 5.95. The largest absolute Gasteiger partial charge is 0.462 e. The molecule has 0 atom stereocenters. The van der Waals surface area contributed by atoms with Crippen molar-refractivity contribution in [1.29, 1.82) is 0 Å². The summed E-state index contributed by atoms with van der Waals surface area (Å²) in [6.45, 7) is 10.4. The molecule has 0 fully saturated rings. The zero-order chi connectivity index (χ0) is 16.5. The third kappa shape index (κ3) is 8.00. The van der Waals surface area contributed by atoms with E-state index in [1.807, 2.05) is 32.6 Å². The van der Waals surface area contributed by atoms with E-state index in [0.717, 1.165) is 13.1 Å². The number of anilines is 1. The number of esters is 1. The topological polar surface area (TPSA) is 58.6 Å². The van der Waals surface area contributed by atoms with Gasteiger partial charge in [0.1, 0.15) is 0 Å². The Labute approximate surface area is 144 Å². The van der Waals surface area contributed by atoms with Crippen LogP contribution in [0.3, 0.4) is 0 Å². The zero-order valence-electron chi connectivity index (χ0n) is 14.3. The van der Waals surface area contributed by atoms with Crippen molar-refractivity contribution in [3.63, 3.8) is 0 Å². The predicted molar refractivity (Wildman–Crippen MR) is 95.2 cm³/mol. The lowest BCUT2D eigenvalue weighted by molar-refractivity contribution is -0.117. The van der Waals surface area contributed by atoms with Gasteiger partial charge in [-0.25, -0.2) is 4.79 Å². The molecular weight excluding hydrogens is 316 g/mol. The van der Waals surface area contributed by atoms with E-state index in [4.69, 9.17) is 4.74 Å². The van der Waals surface area contributed by atoms with Crippen LogP contribution in [0.25, 0.3) is 0 Å². The number of hydrogen-bond donors (Lipinski definition) is 1. The van der Waals surface area contributed by atoms with Crippen molar-refractivity contribution < 1.29 is 14.3 Å². The van der Waals surface area contributed by atoms with E-state index < -0.39 is 0 Å². The highest BCUT2D eigenvalue weighted by Gasteiger charge is 2.11. The number of carbonyl (C=O) groups is 2. The lowest BCUT2D eigenvalue weighted by Gasteiger charge is -2.17. The second-order valence-corrected chi connectivity index (χ2v) is 5.58. The quantitative estimate of drug-likeness (QED) is 0.737. The number of carbonyl (C=O) groups excluding carboxylic acids is 2. The second-order valence-electron chi connectivity index (χ2n) is 5.58. The van der Waals surface area contributed by atoms with Crippen LogP contribution in [0.4, 0.5) is 5.69 Å². The Balaban J connectivity index is 0.00000484. The fourth-order valence-corrected chi connectivity index (χ4v) is 1.90. The van der Waals surface area contributed by atoms with E-state index in [2.05, 4.69) is 5.32 Å². The minimum Gasteiger partial charge on any atom is -0.462 e. The lowest BCUT2D eigenvalue weighted by atomic mass is 10.2. The molecular formula is C17H27ClN2O3. The van der Waals surface area contributed by atoms with Crippen LogP contribution < -0.4 is 5.32 Å². The maximum Gasteiger partial charge on any atom is 0.338 e. The van der Waals surface area contributed by atoms with Gasteiger partial charge in [0.2, 0.25) is 5.91 Å². The van der Waals surface area contributed by atoms with Gasteiger partial charge in [0.05, 0.1) is 18.7 Å². The van der Waals surface area contributed by atoms with E-state index in [0.29, 0.717) is 30.3 Å². The van der Waals surface area contributed by atoms with Gasteiger partial charge in [-0.05, 0) is 37.2 Å². The van der Waals surface area contributed by atoms with E-state index in [9.17, 15) is 9.59 Å². The molecule has 1 aromatic carbocycles. The van der Waals surface area contributed by atoms with Crippen molar-refractivity contribution in [2.75, 3.05) is 31.6 Å². The van der Waals surface area contributed by atoms with Gasteiger partial charge in [-0.15, -0.1) is 12.4 Å². The minimum atomic E-state index is -0.367. The Hall–Kier alpha value is -1.59. The van der Waals surface area contributed by atoms with E-state index in [1.165, 1.54) is 0 Å². The predicted octanol–water partition coefficient (Wildman–Crippen LogP) is 3.20. The molecule has 0 heterocycles. The molecule has 0 unspecified atom stereocenters. The average Bonchev–Trinajstić information content (AvgIpc) is 2.50. The average molecular weight is 343 g/mol. The van der Waals surface area contributed by atoms with E-state index in [1.54, 1.807) is 24.3 Å². The first-order valence-electron chi connectivity index (χ1n) is 7.75. The number of halogens is 1. The van der Waals surface area contributed by atoms with Gasteiger partial charge in [-0.2, -0.15) is 0 Å². The maximum absolute atomic E-state index is 12.0. The molecule has 0 aliphatic heterocycles. The molecule has 0 saturated heterocycles. The number of benzene rings is 1. The molecule has 1 N–H and O–H groups in total. The zero-order valence-corrected chi connectivity index (χ0v) is 15.1. The summed E-state index contributed by atoms with van der Waals surface area (Å²) in [5.74, 6) is -0.161. The summed E-state index contributed by atoms with van der Waals surface area (Å²) >= 11 is 0. The molecule has 0 saturated carbocycles. The van der Waals surface area contributed by atoms with Crippen LogP contribution in [-0.2, 0) is 9.53 Å². The molecule has 0 radical (unpaired) electrons. The van der Waals surface area contributed by atoms with Crippen molar-refractivity contribution in [3.05, 3.63) is 29.8 Å². The number of nitrogens with zero attached hydrogens (tertiary/aromatic N) is 1.